The SMILES string of the molecule is [CH2]CC=CCN(C)C=O. The van der Waals surface area contributed by atoms with Crippen molar-refractivity contribution in [3.63, 3.8) is 0 Å². The molecular weight excluding hydrogens is 114 g/mol. The van der Waals surface area contributed by atoms with Crippen LogP contribution in [0.4, 0.5) is 0 Å². The maximum Gasteiger partial charge on any atom is 0.209 e. The average Bonchev–Trinajstić information content (AvgIpc) is 1.89. The molecule has 0 atom stereocenters. The predicted molar refractivity (Wildman–Crippen MR) is 37.8 cm³/mol. The number of nitrogens with zero attached hydrogens (tertiary/aromatic N) is 1. The van der Waals surface area contributed by atoms with E-state index in [1.807, 2.05) is 12.2 Å². The zero-order chi connectivity index (χ0) is 7.11. The van der Waals surface area contributed by atoms with Gasteiger partial charge in [0.05, 0.1) is 0 Å². The van der Waals surface area contributed by atoms with Gasteiger partial charge < -0.3 is 4.90 Å². The van der Waals surface area contributed by atoms with E-state index in [4.69, 9.17) is 0 Å². The van der Waals surface area contributed by atoms with Crippen molar-refractivity contribution < 1.29 is 4.79 Å². The summed E-state index contributed by atoms with van der Waals surface area (Å²) in [6, 6.07) is 0. The van der Waals surface area contributed by atoms with Crippen LogP contribution >= 0.6 is 0 Å². The molecule has 0 aromatic rings. The first kappa shape index (κ1) is 8.21. The molecule has 9 heavy (non-hydrogen) atoms. The van der Waals surface area contributed by atoms with E-state index in [2.05, 4.69) is 6.92 Å². The summed E-state index contributed by atoms with van der Waals surface area (Å²) in [6.07, 6.45) is 5.43. The molecule has 0 bridgehead atoms. The van der Waals surface area contributed by atoms with Gasteiger partial charge in [-0.25, -0.2) is 0 Å². The van der Waals surface area contributed by atoms with Gasteiger partial charge in [0.25, 0.3) is 0 Å². The van der Waals surface area contributed by atoms with Crippen LogP contribution in [-0.2, 0) is 4.79 Å². The monoisotopic (exact) mass is 126 g/mol. The summed E-state index contributed by atoms with van der Waals surface area (Å²) in [4.78, 5) is 11.5. The quantitative estimate of drug-likeness (QED) is 0.404. The molecule has 0 aromatic carbocycles. The van der Waals surface area contributed by atoms with Gasteiger partial charge in [-0.1, -0.05) is 12.2 Å². The van der Waals surface area contributed by atoms with Gasteiger partial charge in [0, 0.05) is 13.6 Å². The van der Waals surface area contributed by atoms with Crippen LogP contribution in [0.15, 0.2) is 12.2 Å². The molecule has 0 saturated heterocycles. The second-order valence-corrected chi connectivity index (χ2v) is 1.81. The Hall–Kier alpha value is -0.790. The highest BCUT2D eigenvalue weighted by Crippen LogP contribution is 1.80. The van der Waals surface area contributed by atoms with Gasteiger partial charge in [-0.15, -0.1) is 0 Å². The van der Waals surface area contributed by atoms with E-state index >= 15 is 0 Å². The smallest absolute Gasteiger partial charge is 0.209 e. The molecule has 0 N–H and O–H groups in total. The fraction of sp³-hybridized carbons (Fsp3) is 0.429. The lowest BCUT2D eigenvalue weighted by Crippen LogP contribution is -2.14. The van der Waals surface area contributed by atoms with Crippen molar-refractivity contribution in [2.45, 2.75) is 6.42 Å². The van der Waals surface area contributed by atoms with Crippen molar-refractivity contribution in [1.82, 2.24) is 4.90 Å². The Bertz CT molecular complexity index is 99.1. The standard InChI is InChI=1S/C7H12NO/c1-3-4-5-6-8(2)7-9/h4-5,7H,1,3,6H2,2H3. The Kier molecular flexibility index (Phi) is 4.88. The molecule has 1 amide bonds. The summed E-state index contributed by atoms with van der Waals surface area (Å²) >= 11 is 0. The maximum absolute atomic E-state index is 9.98. The van der Waals surface area contributed by atoms with Gasteiger partial charge in [-0.3, -0.25) is 4.79 Å². The normalized spacial score (nSPS) is 10.0. The third-order valence-electron chi connectivity index (χ3n) is 0.907. The van der Waals surface area contributed by atoms with Crippen LogP contribution in [0.5, 0.6) is 0 Å². The molecule has 1 radical (unpaired) electrons. The van der Waals surface area contributed by atoms with Crippen LogP contribution < -0.4 is 0 Å². The minimum absolute atomic E-state index is 0.680. The second kappa shape index (κ2) is 5.35. The molecule has 2 nitrogen and oxygen atoms in total. The summed E-state index contributed by atoms with van der Waals surface area (Å²) in [7, 11) is 1.74. The minimum atomic E-state index is 0.680. The molecule has 0 aliphatic rings. The van der Waals surface area contributed by atoms with Crippen LogP contribution in [0.3, 0.4) is 0 Å². The molecule has 0 heterocycles. The lowest BCUT2D eigenvalue weighted by Gasteiger charge is -2.04. The molecule has 0 unspecified atom stereocenters. The van der Waals surface area contributed by atoms with Crippen molar-refractivity contribution in [1.29, 1.82) is 0 Å². The lowest BCUT2D eigenvalue weighted by molar-refractivity contribution is -0.116. The van der Waals surface area contributed by atoms with Crippen molar-refractivity contribution in [2.24, 2.45) is 0 Å². The molecule has 0 rings (SSSR count). The summed E-state index contributed by atoms with van der Waals surface area (Å²) in [5.74, 6) is 0. The van der Waals surface area contributed by atoms with Gasteiger partial charge in [0.2, 0.25) is 6.41 Å². The summed E-state index contributed by atoms with van der Waals surface area (Å²) in [5.41, 5.74) is 0. The molecule has 0 aliphatic carbocycles. The highest BCUT2D eigenvalue weighted by molar-refractivity contribution is 5.46. The van der Waals surface area contributed by atoms with Gasteiger partial charge in [0.15, 0.2) is 0 Å². The summed E-state index contributed by atoms with van der Waals surface area (Å²) in [6.45, 7) is 4.29. The average molecular weight is 126 g/mol. The van der Waals surface area contributed by atoms with Crippen LogP contribution in [0.1, 0.15) is 6.42 Å². The van der Waals surface area contributed by atoms with Gasteiger partial charge in [0.1, 0.15) is 0 Å². The van der Waals surface area contributed by atoms with Crippen LogP contribution in [-0.4, -0.2) is 24.9 Å². The first-order chi connectivity index (χ1) is 4.31. The summed E-state index contributed by atoms with van der Waals surface area (Å²) < 4.78 is 0. The molecular formula is C7H12NO. The molecule has 51 valence electrons. The number of carbonyl (C=O) groups is 1. The number of rotatable bonds is 4. The zero-order valence-electron chi connectivity index (χ0n) is 5.71. The van der Waals surface area contributed by atoms with E-state index in [0.29, 0.717) is 6.54 Å². The third-order valence-corrected chi connectivity index (χ3v) is 0.907. The largest absolute Gasteiger partial charge is 0.345 e. The number of hydrogen-bond acceptors (Lipinski definition) is 1. The van der Waals surface area contributed by atoms with Gasteiger partial charge in [-0.2, -0.15) is 0 Å². The van der Waals surface area contributed by atoms with Gasteiger partial charge in [-0.05, 0) is 13.3 Å². The Balaban J connectivity index is 3.25. The van der Waals surface area contributed by atoms with E-state index in [0.717, 1.165) is 12.8 Å². The fourth-order valence-electron chi connectivity index (χ4n) is 0.402. The highest BCUT2D eigenvalue weighted by Gasteiger charge is 1.83. The van der Waals surface area contributed by atoms with Crippen molar-refractivity contribution in [2.75, 3.05) is 13.6 Å². The van der Waals surface area contributed by atoms with E-state index in [9.17, 15) is 4.79 Å². The minimum Gasteiger partial charge on any atom is -0.345 e. The number of amides is 1. The molecule has 0 saturated carbocycles. The predicted octanol–water partition coefficient (Wildman–Crippen LogP) is 0.855. The Labute approximate surface area is 56.2 Å². The number of carbonyl (C=O) groups excluding carboxylic acids is 1. The third kappa shape index (κ3) is 5.07. The van der Waals surface area contributed by atoms with Gasteiger partial charge >= 0.3 is 0 Å². The Morgan fingerprint density at radius 1 is 1.56 bits per heavy atom. The van der Waals surface area contributed by atoms with Crippen LogP contribution in [0, 0.1) is 6.92 Å². The van der Waals surface area contributed by atoms with Crippen molar-refractivity contribution in [3.05, 3.63) is 19.1 Å². The van der Waals surface area contributed by atoms with E-state index < -0.39 is 0 Å². The fourth-order valence-corrected chi connectivity index (χ4v) is 0.402. The number of hydrogen-bond donors (Lipinski definition) is 0. The Morgan fingerprint density at radius 3 is 2.67 bits per heavy atom. The zero-order valence-corrected chi connectivity index (χ0v) is 5.71. The maximum atomic E-state index is 9.98. The highest BCUT2D eigenvalue weighted by atomic mass is 16.1. The number of allylic oxidation sites excluding steroid dienone is 1. The molecule has 0 aliphatic heterocycles. The lowest BCUT2D eigenvalue weighted by atomic mass is 10.4. The summed E-state index contributed by atoms with van der Waals surface area (Å²) in [5, 5.41) is 0. The van der Waals surface area contributed by atoms with Crippen LogP contribution in [0.25, 0.3) is 0 Å². The Morgan fingerprint density at radius 2 is 2.22 bits per heavy atom. The van der Waals surface area contributed by atoms with Crippen molar-refractivity contribution >= 4 is 6.41 Å². The van der Waals surface area contributed by atoms with Crippen molar-refractivity contribution in [3.8, 4) is 0 Å². The van der Waals surface area contributed by atoms with Crippen LogP contribution in [0.2, 0.25) is 0 Å². The number of likely N-dealkylation sites (N-methyl/N-ethyl adjacent to an activating group) is 1. The first-order valence-electron chi connectivity index (χ1n) is 2.91. The second-order valence-electron chi connectivity index (χ2n) is 1.81. The molecule has 2 heteroatoms. The first-order valence-corrected chi connectivity index (χ1v) is 2.91. The van der Waals surface area contributed by atoms with E-state index in [1.54, 1.807) is 11.9 Å². The van der Waals surface area contributed by atoms with E-state index in [-0.39, 0.29) is 0 Å². The van der Waals surface area contributed by atoms with E-state index in [1.165, 1.54) is 0 Å². The molecule has 0 fully saturated rings. The molecule has 0 spiro atoms. The topological polar surface area (TPSA) is 20.3 Å². The molecule has 0 aromatic heterocycles.